The number of carbonyl (C=O) groups is 1. The molecule has 4 heteroatoms. The van der Waals surface area contributed by atoms with Crippen LogP contribution in [-0.4, -0.2) is 31.2 Å². The Kier molecular flexibility index (Phi) is 5.40. The fourth-order valence-corrected chi connectivity index (χ4v) is 2.30. The summed E-state index contributed by atoms with van der Waals surface area (Å²) in [5.41, 5.74) is 5.35. The predicted octanol–water partition coefficient (Wildman–Crippen LogP) is 1.44. The van der Waals surface area contributed by atoms with Gasteiger partial charge in [-0.25, -0.2) is 0 Å². The lowest BCUT2D eigenvalue weighted by atomic mass is 9.85. The van der Waals surface area contributed by atoms with Gasteiger partial charge in [-0.15, -0.1) is 0 Å². The first-order valence-corrected chi connectivity index (χ1v) is 6.62. The van der Waals surface area contributed by atoms with E-state index >= 15 is 0 Å². The fourth-order valence-electron chi connectivity index (χ4n) is 2.30. The molecule has 0 radical (unpaired) electrons. The zero-order valence-electron chi connectivity index (χ0n) is 11.3. The van der Waals surface area contributed by atoms with Gasteiger partial charge in [0.05, 0.1) is 0 Å². The van der Waals surface area contributed by atoms with Crippen LogP contribution in [0.1, 0.15) is 46.0 Å². The number of hydrogen-bond donors (Lipinski definition) is 2. The lowest BCUT2D eigenvalue weighted by molar-refractivity contribution is -0.142. The Morgan fingerprint density at radius 3 is 2.65 bits per heavy atom. The maximum absolute atomic E-state index is 12.0. The number of hydrogen-bond acceptors (Lipinski definition) is 3. The minimum absolute atomic E-state index is 0.0275. The summed E-state index contributed by atoms with van der Waals surface area (Å²) < 4.78 is 5.27. The van der Waals surface area contributed by atoms with Crippen molar-refractivity contribution in [1.82, 2.24) is 5.32 Å². The Morgan fingerprint density at radius 2 is 2.12 bits per heavy atom. The third-order valence-electron chi connectivity index (χ3n) is 4.10. The van der Waals surface area contributed by atoms with Crippen molar-refractivity contribution in [3.63, 3.8) is 0 Å². The van der Waals surface area contributed by atoms with Gasteiger partial charge in [0.1, 0.15) is 5.60 Å². The fraction of sp³-hybridized carbons (Fsp3) is 0.923. The van der Waals surface area contributed by atoms with Gasteiger partial charge in [-0.3, -0.25) is 4.79 Å². The van der Waals surface area contributed by atoms with Crippen LogP contribution in [0.25, 0.3) is 0 Å². The second-order valence-corrected chi connectivity index (χ2v) is 5.21. The summed E-state index contributed by atoms with van der Waals surface area (Å²) in [4.78, 5) is 12.0. The highest BCUT2D eigenvalue weighted by atomic mass is 16.5. The van der Waals surface area contributed by atoms with Crippen LogP contribution in [-0.2, 0) is 9.53 Å². The van der Waals surface area contributed by atoms with Gasteiger partial charge in [-0.2, -0.15) is 0 Å². The molecule has 3 unspecified atom stereocenters. The molecule has 0 aromatic heterocycles. The van der Waals surface area contributed by atoms with Gasteiger partial charge >= 0.3 is 0 Å². The first-order valence-electron chi connectivity index (χ1n) is 6.62. The smallest absolute Gasteiger partial charge is 0.251 e. The Labute approximate surface area is 104 Å². The van der Waals surface area contributed by atoms with E-state index in [0.717, 1.165) is 12.8 Å². The number of ether oxygens (including phenoxy) is 1. The van der Waals surface area contributed by atoms with Crippen LogP contribution in [0.5, 0.6) is 0 Å². The summed E-state index contributed by atoms with van der Waals surface area (Å²) in [6, 6.07) is 0.236. The van der Waals surface area contributed by atoms with Crippen molar-refractivity contribution >= 4 is 5.91 Å². The zero-order valence-corrected chi connectivity index (χ0v) is 11.3. The van der Waals surface area contributed by atoms with E-state index in [1.165, 1.54) is 12.8 Å². The van der Waals surface area contributed by atoms with E-state index in [2.05, 4.69) is 5.32 Å². The quantitative estimate of drug-likeness (QED) is 0.766. The molecule has 1 aliphatic carbocycles. The van der Waals surface area contributed by atoms with Crippen LogP contribution >= 0.6 is 0 Å². The minimum Gasteiger partial charge on any atom is -0.369 e. The molecular weight excluding hydrogens is 216 g/mol. The molecule has 4 nitrogen and oxygen atoms in total. The van der Waals surface area contributed by atoms with Crippen molar-refractivity contribution in [2.45, 2.75) is 57.6 Å². The van der Waals surface area contributed by atoms with E-state index in [-0.39, 0.29) is 11.9 Å². The van der Waals surface area contributed by atoms with Gasteiger partial charge in [-0.1, -0.05) is 19.8 Å². The number of nitrogens with two attached hydrogens (primary N) is 1. The lowest BCUT2D eigenvalue weighted by Crippen LogP contribution is -2.49. The molecule has 1 saturated carbocycles. The molecular formula is C13H26N2O2. The molecule has 3 N–H and O–H groups in total. The maximum Gasteiger partial charge on any atom is 0.251 e. The number of amides is 1. The summed E-state index contributed by atoms with van der Waals surface area (Å²) >= 11 is 0. The van der Waals surface area contributed by atoms with E-state index in [0.29, 0.717) is 18.9 Å². The number of carbonyl (C=O) groups excluding carboxylic acids is 1. The standard InChI is InChI=1S/C13H26N2O2/c1-4-13(2,17-3)12(16)15-9-10-7-5-6-8-11(10)14/h10-11H,4-9,14H2,1-3H3,(H,15,16). The Bertz CT molecular complexity index is 252. The molecule has 0 aliphatic heterocycles. The van der Waals surface area contributed by atoms with Crippen molar-refractivity contribution in [3.05, 3.63) is 0 Å². The molecule has 1 aliphatic rings. The summed E-state index contributed by atoms with van der Waals surface area (Å²) in [5.74, 6) is 0.394. The van der Waals surface area contributed by atoms with E-state index in [9.17, 15) is 4.79 Å². The molecule has 1 rings (SSSR count). The van der Waals surface area contributed by atoms with Crippen LogP contribution in [0.2, 0.25) is 0 Å². The van der Waals surface area contributed by atoms with Crippen molar-refractivity contribution in [1.29, 1.82) is 0 Å². The van der Waals surface area contributed by atoms with Crippen LogP contribution in [0.15, 0.2) is 0 Å². The number of methoxy groups -OCH3 is 1. The van der Waals surface area contributed by atoms with E-state index < -0.39 is 5.60 Å². The molecule has 100 valence electrons. The Hall–Kier alpha value is -0.610. The highest BCUT2D eigenvalue weighted by molar-refractivity contribution is 5.84. The van der Waals surface area contributed by atoms with Crippen molar-refractivity contribution in [3.8, 4) is 0 Å². The van der Waals surface area contributed by atoms with E-state index in [1.54, 1.807) is 7.11 Å². The van der Waals surface area contributed by atoms with Crippen LogP contribution in [0.4, 0.5) is 0 Å². The predicted molar refractivity (Wildman–Crippen MR) is 68.6 cm³/mol. The number of rotatable bonds is 5. The molecule has 0 saturated heterocycles. The van der Waals surface area contributed by atoms with Gasteiger partial charge in [0, 0.05) is 19.7 Å². The largest absolute Gasteiger partial charge is 0.369 e. The summed E-state index contributed by atoms with van der Waals surface area (Å²) in [6.07, 6.45) is 5.32. The molecule has 1 fully saturated rings. The molecule has 3 atom stereocenters. The van der Waals surface area contributed by atoms with Gasteiger partial charge in [-0.05, 0) is 32.1 Å². The summed E-state index contributed by atoms with van der Waals surface area (Å²) in [6.45, 7) is 4.46. The highest BCUT2D eigenvalue weighted by Gasteiger charge is 2.31. The first-order chi connectivity index (χ1) is 8.03. The molecule has 17 heavy (non-hydrogen) atoms. The average molecular weight is 242 g/mol. The lowest BCUT2D eigenvalue weighted by Gasteiger charge is -2.31. The van der Waals surface area contributed by atoms with Gasteiger partial charge in [0.25, 0.3) is 5.91 Å². The summed E-state index contributed by atoms with van der Waals surface area (Å²) in [7, 11) is 1.58. The third-order valence-corrected chi connectivity index (χ3v) is 4.10. The van der Waals surface area contributed by atoms with Crippen LogP contribution in [0, 0.1) is 5.92 Å². The molecule has 0 spiro atoms. The first kappa shape index (κ1) is 14.5. The van der Waals surface area contributed by atoms with E-state index in [4.69, 9.17) is 10.5 Å². The van der Waals surface area contributed by atoms with E-state index in [1.807, 2.05) is 13.8 Å². The highest BCUT2D eigenvalue weighted by Crippen LogP contribution is 2.22. The third kappa shape index (κ3) is 3.68. The molecule has 0 bridgehead atoms. The monoisotopic (exact) mass is 242 g/mol. The van der Waals surface area contributed by atoms with Crippen molar-refractivity contribution in [2.24, 2.45) is 11.7 Å². The van der Waals surface area contributed by atoms with Gasteiger partial charge in [0.15, 0.2) is 0 Å². The molecule has 0 aromatic rings. The Morgan fingerprint density at radius 1 is 1.47 bits per heavy atom. The van der Waals surface area contributed by atoms with Crippen molar-refractivity contribution < 1.29 is 9.53 Å². The summed E-state index contributed by atoms with van der Waals surface area (Å²) in [5, 5.41) is 2.98. The van der Waals surface area contributed by atoms with Gasteiger partial charge < -0.3 is 15.8 Å². The van der Waals surface area contributed by atoms with Crippen LogP contribution in [0.3, 0.4) is 0 Å². The minimum atomic E-state index is -0.710. The zero-order chi connectivity index (χ0) is 12.9. The average Bonchev–Trinajstić information content (AvgIpc) is 2.36. The van der Waals surface area contributed by atoms with Crippen LogP contribution < -0.4 is 11.1 Å². The van der Waals surface area contributed by atoms with Crippen molar-refractivity contribution in [2.75, 3.05) is 13.7 Å². The topological polar surface area (TPSA) is 64.3 Å². The second-order valence-electron chi connectivity index (χ2n) is 5.21. The van der Waals surface area contributed by atoms with Gasteiger partial charge in [0.2, 0.25) is 0 Å². The second kappa shape index (κ2) is 6.36. The molecule has 1 amide bonds. The normalized spacial score (nSPS) is 28.5. The SMILES string of the molecule is CCC(C)(OC)C(=O)NCC1CCCCC1N. The Balaban J connectivity index is 2.41. The maximum atomic E-state index is 12.0. The number of nitrogens with one attached hydrogen (secondary N) is 1. The molecule has 0 heterocycles. The molecule has 0 aromatic carbocycles.